The summed E-state index contributed by atoms with van der Waals surface area (Å²) in [6, 6.07) is 7.24. The molecule has 108 valence electrons. The lowest BCUT2D eigenvalue weighted by atomic mass is 10.2. The molecule has 6 heteroatoms. The summed E-state index contributed by atoms with van der Waals surface area (Å²) in [7, 11) is 1.90. The zero-order valence-electron chi connectivity index (χ0n) is 11.7. The molecule has 1 aromatic carbocycles. The van der Waals surface area contributed by atoms with Crippen LogP contribution in [0.3, 0.4) is 0 Å². The fourth-order valence-corrected chi connectivity index (χ4v) is 1.75. The Kier molecular flexibility index (Phi) is 6.29. The van der Waals surface area contributed by atoms with Crippen LogP contribution in [0, 0.1) is 11.3 Å². The number of benzene rings is 1. The van der Waals surface area contributed by atoms with Crippen LogP contribution in [0.4, 0.5) is 11.4 Å². The number of hydrogen-bond acceptors (Lipinski definition) is 4. The van der Waals surface area contributed by atoms with Gasteiger partial charge in [0.25, 0.3) is 0 Å². The van der Waals surface area contributed by atoms with Crippen molar-refractivity contribution in [3.05, 3.63) is 23.2 Å². The van der Waals surface area contributed by atoms with Gasteiger partial charge in [-0.25, -0.2) is 0 Å². The maximum absolute atomic E-state index is 11.8. The Morgan fingerprint density at radius 3 is 2.90 bits per heavy atom. The van der Waals surface area contributed by atoms with Crippen LogP contribution in [0.1, 0.15) is 19.8 Å². The molecule has 5 nitrogen and oxygen atoms in total. The van der Waals surface area contributed by atoms with E-state index in [0.29, 0.717) is 35.8 Å². The summed E-state index contributed by atoms with van der Waals surface area (Å²) in [6.07, 6.45) is 0.806. The van der Waals surface area contributed by atoms with Gasteiger partial charge in [-0.1, -0.05) is 11.6 Å². The standard InChI is InChI=1S/C14H19ClN4O/c1-10(5-7-16)19(2)8-6-14(20)18-11-3-4-12(15)13(17)9-11/h3-4,9-10H,5-6,8,17H2,1-2H3,(H,18,20). The Morgan fingerprint density at radius 2 is 2.30 bits per heavy atom. The Hall–Kier alpha value is -1.77. The third kappa shape index (κ3) is 5.08. The average molecular weight is 295 g/mol. The van der Waals surface area contributed by atoms with Crippen molar-refractivity contribution in [3.63, 3.8) is 0 Å². The van der Waals surface area contributed by atoms with Gasteiger partial charge in [-0.3, -0.25) is 4.79 Å². The Bertz CT molecular complexity index is 512. The minimum absolute atomic E-state index is 0.0947. The third-order valence-electron chi connectivity index (χ3n) is 3.11. The topological polar surface area (TPSA) is 82.2 Å². The van der Waals surface area contributed by atoms with Crippen molar-refractivity contribution >= 4 is 28.9 Å². The summed E-state index contributed by atoms with van der Waals surface area (Å²) < 4.78 is 0. The SMILES string of the molecule is CC(CC#N)N(C)CCC(=O)Nc1ccc(Cl)c(N)c1. The second-order valence-corrected chi connectivity index (χ2v) is 5.13. The van der Waals surface area contributed by atoms with Crippen LogP contribution < -0.4 is 11.1 Å². The number of hydrogen-bond donors (Lipinski definition) is 2. The minimum Gasteiger partial charge on any atom is -0.397 e. The number of nitriles is 1. The van der Waals surface area contributed by atoms with E-state index in [0.717, 1.165) is 0 Å². The zero-order valence-corrected chi connectivity index (χ0v) is 12.4. The van der Waals surface area contributed by atoms with Crippen LogP contribution in [0.25, 0.3) is 0 Å². The summed E-state index contributed by atoms with van der Waals surface area (Å²) in [5.74, 6) is -0.0947. The van der Waals surface area contributed by atoms with Gasteiger partial charge in [0.15, 0.2) is 0 Å². The molecule has 0 saturated heterocycles. The predicted molar refractivity (Wildman–Crippen MR) is 81.4 cm³/mol. The van der Waals surface area contributed by atoms with Crippen LogP contribution in [0.2, 0.25) is 5.02 Å². The first-order valence-electron chi connectivity index (χ1n) is 6.36. The molecule has 0 aliphatic heterocycles. The molecule has 0 saturated carbocycles. The summed E-state index contributed by atoms with van der Waals surface area (Å²) in [6.45, 7) is 2.55. The molecule has 1 amide bonds. The molecule has 1 aromatic rings. The van der Waals surface area contributed by atoms with E-state index in [1.807, 2.05) is 18.9 Å². The molecule has 0 aliphatic rings. The maximum atomic E-state index is 11.8. The number of nitrogens with zero attached hydrogens (tertiary/aromatic N) is 2. The number of carbonyl (C=O) groups is 1. The first-order chi connectivity index (χ1) is 9.43. The molecule has 0 aliphatic carbocycles. The molecule has 0 heterocycles. The molecule has 1 atom stereocenters. The van der Waals surface area contributed by atoms with E-state index in [1.165, 1.54) is 0 Å². The van der Waals surface area contributed by atoms with Crippen molar-refractivity contribution in [3.8, 4) is 6.07 Å². The second kappa shape index (κ2) is 7.73. The van der Waals surface area contributed by atoms with E-state index < -0.39 is 0 Å². The number of nitrogen functional groups attached to an aromatic ring is 1. The lowest BCUT2D eigenvalue weighted by Crippen LogP contribution is -2.31. The normalized spacial score (nSPS) is 11.9. The fraction of sp³-hybridized carbons (Fsp3) is 0.429. The third-order valence-corrected chi connectivity index (χ3v) is 3.45. The lowest BCUT2D eigenvalue weighted by Gasteiger charge is -2.22. The smallest absolute Gasteiger partial charge is 0.225 e. The molecule has 1 unspecified atom stereocenters. The van der Waals surface area contributed by atoms with Crippen LogP contribution >= 0.6 is 11.6 Å². The van der Waals surface area contributed by atoms with Gasteiger partial charge in [-0.2, -0.15) is 5.26 Å². The number of anilines is 2. The Morgan fingerprint density at radius 1 is 1.60 bits per heavy atom. The molecule has 1 rings (SSSR count). The molecule has 0 fully saturated rings. The predicted octanol–water partition coefficient (Wildman–Crippen LogP) is 2.48. The monoisotopic (exact) mass is 294 g/mol. The van der Waals surface area contributed by atoms with E-state index >= 15 is 0 Å². The van der Waals surface area contributed by atoms with Crippen molar-refractivity contribution in [2.24, 2.45) is 0 Å². The molecule has 0 bridgehead atoms. The van der Waals surface area contributed by atoms with E-state index in [9.17, 15) is 4.79 Å². The molecule has 0 radical (unpaired) electrons. The molecular formula is C14H19ClN4O. The van der Waals surface area contributed by atoms with Gasteiger partial charge in [0, 0.05) is 24.7 Å². The summed E-state index contributed by atoms with van der Waals surface area (Å²) in [4.78, 5) is 13.8. The van der Waals surface area contributed by atoms with Crippen molar-refractivity contribution < 1.29 is 4.79 Å². The molecule has 20 heavy (non-hydrogen) atoms. The van der Waals surface area contributed by atoms with E-state index in [4.69, 9.17) is 22.6 Å². The number of halogens is 1. The highest BCUT2D eigenvalue weighted by Gasteiger charge is 2.11. The summed E-state index contributed by atoms with van der Waals surface area (Å²) in [5.41, 5.74) is 6.73. The zero-order chi connectivity index (χ0) is 15.1. The highest BCUT2D eigenvalue weighted by Crippen LogP contribution is 2.22. The van der Waals surface area contributed by atoms with Crippen molar-refractivity contribution in [2.75, 3.05) is 24.6 Å². The molecule has 0 spiro atoms. The van der Waals surface area contributed by atoms with Crippen LogP contribution in [0.15, 0.2) is 18.2 Å². The van der Waals surface area contributed by atoms with Gasteiger partial charge in [-0.15, -0.1) is 0 Å². The minimum atomic E-state index is -0.0947. The van der Waals surface area contributed by atoms with E-state index in [2.05, 4.69) is 11.4 Å². The first-order valence-corrected chi connectivity index (χ1v) is 6.74. The molecular weight excluding hydrogens is 276 g/mol. The number of carbonyl (C=O) groups excluding carboxylic acids is 1. The van der Waals surface area contributed by atoms with Gasteiger partial charge in [0.05, 0.1) is 23.2 Å². The quantitative estimate of drug-likeness (QED) is 0.790. The summed E-state index contributed by atoms with van der Waals surface area (Å²) in [5, 5.41) is 11.9. The Balaban J connectivity index is 2.44. The lowest BCUT2D eigenvalue weighted by molar-refractivity contribution is -0.116. The van der Waals surface area contributed by atoms with Crippen LogP contribution in [-0.2, 0) is 4.79 Å². The van der Waals surface area contributed by atoms with Gasteiger partial charge < -0.3 is 16.0 Å². The number of nitrogens with one attached hydrogen (secondary N) is 1. The number of rotatable bonds is 6. The van der Waals surface area contributed by atoms with Crippen molar-refractivity contribution in [1.29, 1.82) is 5.26 Å². The highest BCUT2D eigenvalue weighted by molar-refractivity contribution is 6.33. The van der Waals surface area contributed by atoms with Gasteiger partial charge in [-0.05, 0) is 32.2 Å². The fourth-order valence-electron chi connectivity index (χ4n) is 1.63. The Labute approximate surface area is 124 Å². The maximum Gasteiger partial charge on any atom is 0.225 e. The van der Waals surface area contributed by atoms with Crippen LogP contribution in [-0.4, -0.2) is 30.4 Å². The van der Waals surface area contributed by atoms with E-state index in [1.54, 1.807) is 18.2 Å². The van der Waals surface area contributed by atoms with Crippen LogP contribution in [0.5, 0.6) is 0 Å². The highest BCUT2D eigenvalue weighted by atomic mass is 35.5. The number of amides is 1. The average Bonchev–Trinajstić information content (AvgIpc) is 2.40. The first kappa shape index (κ1) is 16.3. The van der Waals surface area contributed by atoms with Gasteiger partial charge in [0.2, 0.25) is 5.91 Å². The number of nitrogens with two attached hydrogens (primary N) is 1. The van der Waals surface area contributed by atoms with Gasteiger partial charge in [0.1, 0.15) is 0 Å². The van der Waals surface area contributed by atoms with E-state index in [-0.39, 0.29) is 11.9 Å². The molecule has 3 N–H and O–H groups in total. The van der Waals surface area contributed by atoms with Gasteiger partial charge >= 0.3 is 0 Å². The largest absolute Gasteiger partial charge is 0.397 e. The van der Waals surface area contributed by atoms with Crippen molar-refractivity contribution in [2.45, 2.75) is 25.8 Å². The van der Waals surface area contributed by atoms with Crippen molar-refractivity contribution in [1.82, 2.24) is 4.90 Å². The molecule has 0 aromatic heterocycles. The second-order valence-electron chi connectivity index (χ2n) is 4.73. The summed E-state index contributed by atoms with van der Waals surface area (Å²) >= 11 is 5.81.